The number of hydrogen-bond donors (Lipinski definition) is 1. The molecule has 1 amide bonds. The fourth-order valence-corrected chi connectivity index (χ4v) is 4.04. The molecule has 0 unspecified atom stereocenters. The molecular formula is C22H25NO4S. The van der Waals surface area contributed by atoms with Gasteiger partial charge in [-0.25, -0.2) is 0 Å². The largest absolute Gasteiger partial charge is 0.503 e. The van der Waals surface area contributed by atoms with Gasteiger partial charge in [-0.15, -0.1) is 11.3 Å². The van der Waals surface area contributed by atoms with Crippen LogP contribution in [-0.4, -0.2) is 42.0 Å². The van der Waals surface area contributed by atoms with Crippen LogP contribution in [0.2, 0.25) is 0 Å². The average Bonchev–Trinajstić information content (AvgIpc) is 3.27. The van der Waals surface area contributed by atoms with Crippen LogP contribution in [0.1, 0.15) is 47.6 Å². The van der Waals surface area contributed by atoms with Crippen LogP contribution in [0.5, 0.6) is 0 Å². The van der Waals surface area contributed by atoms with E-state index in [-0.39, 0.29) is 23.3 Å². The number of Topliss-reactive ketones (excluding diaryl/α,β-unsaturated/α-hetero) is 1. The predicted octanol–water partition coefficient (Wildman–Crippen LogP) is 4.27. The number of benzene rings is 1. The fourth-order valence-electron chi connectivity index (χ4n) is 3.36. The summed E-state index contributed by atoms with van der Waals surface area (Å²) >= 11 is 1.29. The lowest BCUT2D eigenvalue weighted by atomic mass is 9.85. The molecule has 0 fully saturated rings. The number of nitrogens with zero attached hydrogens (tertiary/aromatic N) is 1. The second-order valence-corrected chi connectivity index (χ2v) is 8.78. The van der Waals surface area contributed by atoms with Crippen molar-refractivity contribution in [1.29, 1.82) is 0 Å². The molecule has 0 saturated heterocycles. The second kappa shape index (κ2) is 7.89. The zero-order valence-corrected chi connectivity index (χ0v) is 17.4. The Bertz CT molecular complexity index is 892. The zero-order valence-electron chi connectivity index (χ0n) is 16.6. The highest BCUT2D eigenvalue weighted by molar-refractivity contribution is 7.12. The summed E-state index contributed by atoms with van der Waals surface area (Å²) in [5.41, 5.74) is 2.07. The first-order valence-electron chi connectivity index (χ1n) is 9.17. The second-order valence-electron chi connectivity index (χ2n) is 7.83. The van der Waals surface area contributed by atoms with Crippen LogP contribution in [-0.2, 0) is 14.9 Å². The molecular weight excluding hydrogens is 374 g/mol. The molecule has 148 valence electrons. The van der Waals surface area contributed by atoms with E-state index >= 15 is 0 Å². The predicted molar refractivity (Wildman–Crippen MR) is 110 cm³/mol. The maximum Gasteiger partial charge on any atom is 0.290 e. The summed E-state index contributed by atoms with van der Waals surface area (Å²) in [6.07, 6.45) is 0. The third-order valence-corrected chi connectivity index (χ3v) is 5.79. The molecule has 2 heterocycles. The Morgan fingerprint density at radius 3 is 2.43 bits per heavy atom. The van der Waals surface area contributed by atoms with Gasteiger partial charge in [0.2, 0.25) is 5.78 Å². The van der Waals surface area contributed by atoms with Crippen molar-refractivity contribution in [2.24, 2.45) is 0 Å². The topological polar surface area (TPSA) is 66.8 Å². The number of ketones is 1. The molecule has 0 aliphatic carbocycles. The molecule has 1 aliphatic rings. The zero-order chi connectivity index (χ0) is 20.5. The number of aliphatic hydroxyl groups excluding tert-OH is 1. The number of amides is 1. The minimum absolute atomic E-state index is 0.00659. The van der Waals surface area contributed by atoms with Gasteiger partial charge in [0, 0.05) is 13.7 Å². The van der Waals surface area contributed by atoms with Crippen molar-refractivity contribution in [2.45, 2.75) is 32.2 Å². The number of carbonyl (C=O) groups is 2. The lowest BCUT2D eigenvalue weighted by molar-refractivity contribution is -0.130. The quantitative estimate of drug-likeness (QED) is 0.737. The summed E-state index contributed by atoms with van der Waals surface area (Å²) in [5, 5.41) is 12.3. The van der Waals surface area contributed by atoms with Crippen molar-refractivity contribution in [3.05, 3.63) is 69.1 Å². The van der Waals surface area contributed by atoms with Crippen LogP contribution in [0.25, 0.3) is 0 Å². The monoisotopic (exact) mass is 399 g/mol. The van der Waals surface area contributed by atoms with Crippen LogP contribution in [0.3, 0.4) is 0 Å². The smallest absolute Gasteiger partial charge is 0.290 e. The van der Waals surface area contributed by atoms with E-state index in [0.29, 0.717) is 11.5 Å². The van der Waals surface area contributed by atoms with Crippen molar-refractivity contribution in [3.8, 4) is 0 Å². The van der Waals surface area contributed by atoms with Gasteiger partial charge in [0.15, 0.2) is 5.76 Å². The van der Waals surface area contributed by atoms with Gasteiger partial charge in [-0.05, 0) is 28.0 Å². The van der Waals surface area contributed by atoms with Crippen LogP contribution < -0.4 is 0 Å². The number of methoxy groups -OCH3 is 1. The number of carbonyl (C=O) groups excluding carboxylic acids is 2. The third-order valence-electron chi connectivity index (χ3n) is 4.92. The molecule has 0 saturated carbocycles. The van der Waals surface area contributed by atoms with E-state index < -0.39 is 17.7 Å². The van der Waals surface area contributed by atoms with Gasteiger partial charge in [-0.3, -0.25) is 9.59 Å². The molecule has 28 heavy (non-hydrogen) atoms. The highest BCUT2D eigenvalue weighted by atomic mass is 32.1. The van der Waals surface area contributed by atoms with Gasteiger partial charge in [0.25, 0.3) is 5.91 Å². The molecule has 1 aromatic heterocycles. The molecule has 0 bridgehead atoms. The SMILES string of the molecule is COCCN1C(=O)C(O)=C(C(=O)c2cccs2)[C@@H]1c1ccc(C(C)(C)C)cc1. The van der Waals surface area contributed by atoms with Crippen LogP contribution in [0.15, 0.2) is 53.1 Å². The Morgan fingerprint density at radius 2 is 1.89 bits per heavy atom. The standard InChI is InChI=1S/C22H25NO4S/c1-22(2,3)15-9-7-14(8-10-15)18-17(19(24)16-6-5-13-28-16)20(25)21(26)23(18)11-12-27-4/h5-10,13,18,25H,11-12H2,1-4H3/t18-/m0/s1. The summed E-state index contributed by atoms with van der Waals surface area (Å²) in [7, 11) is 1.55. The van der Waals surface area contributed by atoms with Gasteiger partial charge in [0.1, 0.15) is 0 Å². The average molecular weight is 400 g/mol. The molecule has 3 rings (SSSR count). The van der Waals surface area contributed by atoms with Gasteiger partial charge in [0.05, 0.1) is 23.1 Å². The Hall–Kier alpha value is -2.44. The van der Waals surface area contributed by atoms with E-state index in [4.69, 9.17) is 4.74 Å². The van der Waals surface area contributed by atoms with E-state index in [9.17, 15) is 14.7 Å². The molecule has 0 radical (unpaired) electrons. The maximum atomic E-state index is 13.1. The Labute approximate surface area is 169 Å². The van der Waals surface area contributed by atoms with Crippen LogP contribution in [0.4, 0.5) is 0 Å². The molecule has 1 aromatic carbocycles. The summed E-state index contributed by atoms with van der Waals surface area (Å²) in [4.78, 5) is 27.8. The first-order valence-corrected chi connectivity index (χ1v) is 10.1. The van der Waals surface area contributed by atoms with E-state index in [1.165, 1.54) is 16.2 Å². The van der Waals surface area contributed by atoms with E-state index in [1.807, 2.05) is 24.3 Å². The molecule has 0 spiro atoms. The first-order chi connectivity index (χ1) is 13.3. The molecule has 1 atom stereocenters. The van der Waals surface area contributed by atoms with E-state index in [2.05, 4.69) is 20.8 Å². The first kappa shape index (κ1) is 20.3. The highest BCUT2D eigenvalue weighted by Gasteiger charge is 2.43. The summed E-state index contributed by atoms with van der Waals surface area (Å²) in [6, 6.07) is 10.7. The number of hydrogen-bond acceptors (Lipinski definition) is 5. The highest BCUT2D eigenvalue weighted by Crippen LogP contribution is 2.39. The van der Waals surface area contributed by atoms with E-state index in [0.717, 1.165) is 11.1 Å². The normalized spacial score (nSPS) is 17.5. The number of thiophene rings is 1. The van der Waals surface area contributed by atoms with Gasteiger partial charge in [-0.2, -0.15) is 0 Å². The lowest BCUT2D eigenvalue weighted by Crippen LogP contribution is -2.34. The molecule has 5 nitrogen and oxygen atoms in total. The minimum Gasteiger partial charge on any atom is -0.503 e. The summed E-state index contributed by atoms with van der Waals surface area (Å²) in [6.45, 7) is 6.98. The Morgan fingerprint density at radius 1 is 1.21 bits per heavy atom. The van der Waals surface area contributed by atoms with Gasteiger partial charge < -0.3 is 14.7 Å². The number of rotatable bonds is 6. The van der Waals surface area contributed by atoms with Crippen molar-refractivity contribution >= 4 is 23.0 Å². The fraction of sp³-hybridized carbons (Fsp3) is 0.364. The molecule has 1 aliphatic heterocycles. The summed E-state index contributed by atoms with van der Waals surface area (Å²) < 4.78 is 5.13. The maximum absolute atomic E-state index is 13.1. The molecule has 6 heteroatoms. The van der Waals surface area contributed by atoms with Crippen molar-refractivity contribution in [1.82, 2.24) is 4.90 Å². The van der Waals surface area contributed by atoms with Crippen molar-refractivity contribution in [2.75, 3.05) is 20.3 Å². The van der Waals surface area contributed by atoms with E-state index in [1.54, 1.807) is 24.6 Å². The lowest BCUT2D eigenvalue weighted by Gasteiger charge is -2.27. The Balaban J connectivity index is 2.05. The number of ether oxygens (including phenoxy) is 1. The molecule has 1 N–H and O–H groups in total. The van der Waals surface area contributed by atoms with Gasteiger partial charge in [-0.1, -0.05) is 51.1 Å². The van der Waals surface area contributed by atoms with Crippen molar-refractivity contribution in [3.63, 3.8) is 0 Å². The summed E-state index contributed by atoms with van der Waals surface area (Å²) in [5.74, 6) is -1.33. The van der Waals surface area contributed by atoms with Gasteiger partial charge >= 0.3 is 0 Å². The number of aliphatic hydroxyl groups is 1. The Kier molecular flexibility index (Phi) is 5.72. The molecule has 2 aromatic rings. The third kappa shape index (κ3) is 3.75. The minimum atomic E-state index is -0.633. The van der Waals surface area contributed by atoms with Crippen LogP contribution in [0, 0.1) is 0 Å². The van der Waals surface area contributed by atoms with Crippen molar-refractivity contribution < 1.29 is 19.4 Å². The van der Waals surface area contributed by atoms with Crippen LogP contribution >= 0.6 is 11.3 Å².